The van der Waals surface area contributed by atoms with Crippen LogP contribution in [0.2, 0.25) is 0 Å². The second-order valence-electron chi connectivity index (χ2n) is 4.72. The number of amides is 1. The van der Waals surface area contributed by atoms with Gasteiger partial charge in [-0.1, -0.05) is 6.07 Å². The van der Waals surface area contributed by atoms with Gasteiger partial charge in [-0.15, -0.1) is 0 Å². The Bertz CT molecular complexity index is 763. The van der Waals surface area contributed by atoms with E-state index in [4.69, 9.17) is 17.0 Å². The van der Waals surface area contributed by atoms with Crippen LogP contribution in [0.25, 0.3) is 0 Å². The molecule has 0 aromatic heterocycles. The maximum absolute atomic E-state index is 12.9. The Labute approximate surface area is 143 Å². The molecule has 2 aromatic carbocycles. The second-order valence-corrected chi connectivity index (χ2v) is 5.12. The third kappa shape index (κ3) is 4.85. The molecule has 0 saturated carbocycles. The normalized spacial score (nSPS) is 9.92. The minimum atomic E-state index is -0.464. The molecule has 2 N–H and O–H groups in total. The number of esters is 1. The van der Waals surface area contributed by atoms with E-state index in [-0.39, 0.29) is 17.3 Å². The molecule has 1 amide bonds. The molecule has 7 heteroatoms. The number of benzene rings is 2. The van der Waals surface area contributed by atoms with Crippen LogP contribution in [-0.4, -0.2) is 23.6 Å². The summed E-state index contributed by atoms with van der Waals surface area (Å²) in [7, 11) is 0. The van der Waals surface area contributed by atoms with Gasteiger partial charge in [0, 0.05) is 11.3 Å². The summed E-state index contributed by atoms with van der Waals surface area (Å²) in [5, 5.41) is 5.35. The van der Waals surface area contributed by atoms with Crippen molar-refractivity contribution in [1.29, 1.82) is 0 Å². The molecular weight excluding hydrogens is 331 g/mol. The van der Waals surface area contributed by atoms with Gasteiger partial charge in [-0.05, 0) is 61.6 Å². The molecule has 5 nitrogen and oxygen atoms in total. The lowest BCUT2D eigenvalue weighted by atomic mass is 10.2. The number of thiocarbonyl (C=S) groups is 1. The van der Waals surface area contributed by atoms with Gasteiger partial charge in [0.1, 0.15) is 5.82 Å². The quantitative estimate of drug-likeness (QED) is 0.658. The zero-order valence-electron chi connectivity index (χ0n) is 12.8. The van der Waals surface area contributed by atoms with Gasteiger partial charge in [0.15, 0.2) is 5.11 Å². The van der Waals surface area contributed by atoms with Gasteiger partial charge < -0.3 is 10.1 Å². The molecule has 0 bridgehead atoms. The first-order valence-electron chi connectivity index (χ1n) is 7.14. The number of hydrogen-bond acceptors (Lipinski definition) is 4. The highest BCUT2D eigenvalue weighted by molar-refractivity contribution is 7.80. The summed E-state index contributed by atoms with van der Waals surface area (Å²) in [6.07, 6.45) is 0. The Morgan fingerprint density at radius 1 is 1.12 bits per heavy atom. The number of carbonyl (C=O) groups is 2. The molecule has 24 heavy (non-hydrogen) atoms. The van der Waals surface area contributed by atoms with E-state index in [0.29, 0.717) is 11.3 Å². The highest BCUT2D eigenvalue weighted by Crippen LogP contribution is 2.12. The lowest BCUT2D eigenvalue weighted by molar-refractivity contribution is 0.0526. The van der Waals surface area contributed by atoms with E-state index in [1.165, 1.54) is 24.3 Å². The van der Waals surface area contributed by atoms with Crippen molar-refractivity contribution in [3.63, 3.8) is 0 Å². The fraction of sp³-hybridized carbons (Fsp3) is 0.118. The third-order valence-corrected chi connectivity index (χ3v) is 3.17. The first-order valence-corrected chi connectivity index (χ1v) is 7.55. The molecule has 0 fully saturated rings. The topological polar surface area (TPSA) is 67.4 Å². The first-order chi connectivity index (χ1) is 11.5. The zero-order valence-corrected chi connectivity index (χ0v) is 13.7. The van der Waals surface area contributed by atoms with E-state index < -0.39 is 17.7 Å². The number of anilines is 1. The fourth-order valence-electron chi connectivity index (χ4n) is 1.88. The van der Waals surface area contributed by atoms with Crippen LogP contribution in [0.1, 0.15) is 27.6 Å². The van der Waals surface area contributed by atoms with E-state index in [1.807, 2.05) is 0 Å². The SMILES string of the molecule is CCOC(=O)c1cccc(NC(=S)NC(=O)c2ccc(F)cc2)c1. The van der Waals surface area contributed by atoms with Gasteiger partial charge in [0.05, 0.1) is 12.2 Å². The maximum Gasteiger partial charge on any atom is 0.338 e. The van der Waals surface area contributed by atoms with Crippen LogP contribution >= 0.6 is 12.2 Å². The molecule has 0 heterocycles. The van der Waals surface area contributed by atoms with Crippen molar-refractivity contribution < 1.29 is 18.7 Å². The van der Waals surface area contributed by atoms with Crippen molar-refractivity contribution in [2.75, 3.05) is 11.9 Å². The van der Waals surface area contributed by atoms with Gasteiger partial charge in [0.25, 0.3) is 5.91 Å². The van der Waals surface area contributed by atoms with Crippen molar-refractivity contribution in [1.82, 2.24) is 5.32 Å². The molecule has 2 aromatic rings. The second kappa shape index (κ2) is 8.16. The molecule has 0 aliphatic carbocycles. The minimum absolute atomic E-state index is 0.0605. The highest BCUT2D eigenvalue weighted by Gasteiger charge is 2.10. The summed E-state index contributed by atoms with van der Waals surface area (Å²) in [5.74, 6) is -1.33. The number of nitrogens with one attached hydrogen (secondary N) is 2. The molecule has 2 rings (SSSR count). The molecular formula is C17H15FN2O3S. The largest absolute Gasteiger partial charge is 0.462 e. The van der Waals surface area contributed by atoms with Crippen molar-refractivity contribution in [2.24, 2.45) is 0 Å². The van der Waals surface area contributed by atoms with Crippen LogP contribution in [0.4, 0.5) is 10.1 Å². The van der Waals surface area contributed by atoms with Gasteiger partial charge in [0.2, 0.25) is 0 Å². The lowest BCUT2D eigenvalue weighted by Crippen LogP contribution is -2.34. The third-order valence-electron chi connectivity index (χ3n) is 2.97. The Balaban J connectivity index is 1.99. The summed E-state index contributed by atoms with van der Waals surface area (Å²) in [4.78, 5) is 23.7. The molecule has 0 unspecified atom stereocenters. The Morgan fingerprint density at radius 3 is 2.50 bits per heavy atom. The predicted octanol–water partition coefficient (Wildman–Crippen LogP) is 3.13. The van der Waals surface area contributed by atoms with Gasteiger partial charge in [-0.3, -0.25) is 10.1 Å². The molecule has 0 aliphatic rings. The molecule has 0 spiro atoms. The molecule has 0 aliphatic heterocycles. The molecule has 0 atom stereocenters. The number of hydrogen-bond donors (Lipinski definition) is 2. The van der Waals surface area contributed by atoms with E-state index in [1.54, 1.807) is 31.2 Å². The van der Waals surface area contributed by atoms with Crippen molar-refractivity contribution in [3.8, 4) is 0 Å². The van der Waals surface area contributed by atoms with Crippen LogP contribution in [0.5, 0.6) is 0 Å². The number of carbonyl (C=O) groups excluding carboxylic acids is 2. The average Bonchev–Trinajstić information content (AvgIpc) is 2.55. The number of halogens is 1. The van der Waals surface area contributed by atoms with Crippen molar-refractivity contribution >= 4 is 34.9 Å². The number of rotatable bonds is 4. The summed E-state index contributed by atoms with van der Waals surface area (Å²) in [6.45, 7) is 2.00. The minimum Gasteiger partial charge on any atom is -0.462 e. The van der Waals surface area contributed by atoms with Crippen LogP contribution in [0.15, 0.2) is 48.5 Å². The van der Waals surface area contributed by atoms with E-state index >= 15 is 0 Å². The van der Waals surface area contributed by atoms with Crippen molar-refractivity contribution in [2.45, 2.75) is 6.92 Å². The first kappa shape index (κ1) is 17.6. The standard InChI is InChI=1S/C17H15FN2O3S/c1-2-23-16(22)12-4-3-5-14(10-12)19-17(24)20-15(21)11-6-8-13(18)9-7-11/h3-10H,2H2,1H3,(H2,19,20,21,24). The smallest absolute Gasteiger partial charge is 0.338 e. The van der Waals surface area contributed by atoms with Crippen LogP contribution in [0.3, 0.4) is 0 Å². The molecule has 0 radical (unpaired) electrons. The lowest BCUT2D eigenvalue weighted by Gasteiger charge is -2.10. The van der Waals surface area contributed by atoms with E-state index in [0.717, 1.165) is 0 Å². The van der Waals surface area contributed by atoms with E-state index in [9.17, 15) is 14.0 Å². The summed E-state index contributed by atoms with van der Waals surface area (Å²) in [5.41, 5.74) is 1.18. The summed E-state index contributed by atoms with van der Waals surface area (Å²) < 4.78 is 17.8. The predicted molar refractivity (Wildman–Crippen MR) is 92.5 cm³/mol. The van der Waals surface area contributed by atoms with E-state index in [2.05, 4.69) is 10.6 Å². The monoisotopic (exact) mass is 346 g/mol. The Morgan fingerprint density at radius 2 is 1.83 bits per heavy atom. The average molecular weight is 346 g/mol. The summed E-state index contributed by atoms with van der Waals surface area (Å²) in [6, 6.07) is 11.6. The van der Waals surface area contributed by atoms with Crippen LogP contribution < -0.4 is 10.6 Å². The van der Waals surface area contributed by atoms with Gasteiger partial charge in [-0.25, -0.2) is 9.18 Å². The van der Waals surface area contributed by atoms with Gasteiger partial charge in [-0.2, -0.15) is 0 Å². The zero-order chi connectivity index (χ0) is 17.5. The molecule has 0 saturated heterocycles. The van der Waals surface area contributed by atoms with Crippen LogP contribution in [-0.2, 0) is 4.74 Å². The maximum atomic E-state index is 12.9. The van der Waals surface area contributed by atoms with Gasteiger partial charge >= 0.3 is 5.97 Å². The summed E-state index contributed by atoms with van der Waals surface area (Å²) >= 11 is 5.06. The Kier molecular flexibility index (Phi) is 5.97. The number of ether oxygens (including phenoxy) is 1. The fourth-order valence-corrected chi connectivity index (χ4v) is 2.09. The van der Waals surface area contributed by atoms with Crippen LogP contribution in [0, 0.1) is 5.82 Å². The molecule has 124 valence electrons. The highest BCUT2D eigenvalue weighted by atomic mass is 32.1. The Hall–Kier alpha value is -2.80. The van der Waals surface area contributed by atoms with Crippen molar-refractivity contribution in [3.05, 3.63) is 65.5 Å².